The van der Waals surface area contributed by atoms with Gasteiger partial charge in [0.15, 0.2) is 0 Å². The first-order valence-electron chi connectivity index (χ1n) is 6.42. The molecule has 3 rings (SSSR count). The second kappa shape index (κ2) is 4.82. The molecule has 2 nitrogen and oxygen atoms in total. The zero-order valence-electron chi connectivity index (χ0n) is 11.0. The maximum Gasteiger partial charge on any atom is 0.138 e. The van der Waals surface area contributed by atoms with E-state index in [0.29, 0.717) is 0 Å². The molecule has 1 heterocycles. The Kier molecular flexibility index (Phi) is 3.15. The maximum atomic E-state index is 4.68. The topological polar surface area (TPSA) is 28.7 Å². The Bertz CT molecular complexity index is 726. The number of halogens is 1. The molecule has 1 aromatic heterocycles. The molecule has 0 aliphatic carbocycles. The quantitative estimate of drug-likeness (QED) is 0.718. The van der Waals surface area contributed by atoms with Crippen molar-refractivity contribution < 1.29 is 0 Å². The number of benzene rings is 2. The van der Waals surface area contributed by atoms with E-state index < -0.39 is 0 Å². The molecule has 2 aromatic carbocycles. The van der Waals surface area contributed by atoms with Gasteiger partial charge in [-0.2, -0.15) is 0 Å². The van der Waals surface area contributed by atoms with E-state index in [1.807, 2.05) is 0 Å². The summed E-state index contributed by atoms with van der Waals surface area (Å²) in [4.78, 5) is 8.07. The number of H-pyrrole nitrogens is 1. The number of aromatic nitrogens is 2. The van der Waals surface area contributed by atoms with Crippen molar-refractivity contribution in [1.82, 2.24) is 9.97 Å². The minimum Gasteiger partial charge on any atom is -0.338 e. The van der Waals surface area contributed by atoms with Crippen LogP contribution in [0.2, 0.25) is 0 Å². The number of hydrogen-bond donors (Lipinski definition) is 1. The van der Waals surface area contributed by atoms with Crippen LogP contribution in [-0.2, 0) is 6.42 Å². The first kappa shape index (κ1) is 12.4. The highest BCUT2D eigenvalue weighted by Gasteiger charge is 2.08. The number of hydrogen-bond acceptors (Lipinski definition) is 1. The van der Waals surface area contributed by atoms with Gasteiger partial charge in [-0.3, -0.25) is 0 Å². The molecule has 3 aromatic rings. The first-order valence-corrected chi connectivity index (χ1v) is 7.22. The van der Waals surface area contributed by atoms with Crippen molar-refractivity contribution in [2.75, 3.05) is 0 Å². The average Bonchev–Trinajstić information content (AvgIpc) is 2.83. The third-order valence-electron chi connectivity index (χ3n) is 3.32. The third kappa shape index (κ3) is 2.30. The summed E-state index contributed by atoms with van der Waals surface area (Å²) in [6.07, 6.45) is 1.06. The molecule has 0 spiro atoms. The fraction of sp³-hybridized carbons (Fsp3) is 0.188. The number of fused-ring (bicyclic) bond motifs is 1. The molecule has 19 heavy (non-hydrogen) atoms. The van der Waals surface area contributed by atoms with Crippen LogP contribution in [0, 0.1) is 6.92 Å². The van der Waals surface area contributed by atoms with E-state index in [1.54, 1.807) is 0 Å². The minimum atomic E-state index is 0.920. The molecule has 1 N–H and O–H groups in total. The molecule has 0 fully saturated rings. The summed E-state index contributed by atoms with van der Waals surface area (Å²) in [5.74, 6) is 0.920. The van der Waals surface area contributed by atoms with Crippen molar-refractivity contribution in [2.24, 2.45) is 0 Å². The summed E-state index contributed by atoms with van der Waals surface area (Å²) >= 11 is 3.57. The Morgan fingerprint density at radius 2 is 1.89 bits per heavy atom. The largest absolute Gasteiger partial charge is 0.338 e. The maximum absolute atomic E-state index is 4.68. The van der Waals surface area contributed by atoms with Gasteiger partial charge in [0.2, 0.25) is 0 Å². The summed E-state index contributed by atoms with van der Waals surface area (Å²) in [5, 5.41) is 0. The molecule has 3 heteroatoms. The molecule has 96 valence electrons. The van der Waals surface area contributed by atoms with Gasteiger partial charge >= 0.3 is 0 Å². The smallest absolute Gasteiger partial charge is 0.138 e. The van der Waals surface area contributed by atoms with Crippen molar-refractivity contribution in [1.29, 1.82) is 0 Å². The van der Waals surface area contributed by atoms with E-state index in [1.165, 1.54) is 11.1 Å². The van der Waals surface area contributed by atoms with E-state index in [4.69, 9.17) is 0 Å². The lowest BCUT2D eigenvalue weighted by Gasteiger charge is -1.98. The highest BCUT2D eigenvalue weighted by atomic mass is 79.9. The molecule has 0 saturated carbocycles. The lowest BCUT2D eigenvalue weighted by molar-refractivity contribution is 1.14. The third-order valence-corrected chi connectivity index (χ3v) is 3.92. The van der Waals surface area contributed by atoms with Crippen molar-refractivity contribution in [3.05, 3.63) is 52.0 Å². The number of imidazole rings is 1. The van der Waals surface area contributed by atoms with Crippen LogP contribution >= 0.6 is 15.9 Å². The summed E-state index contributed by atoms with van der Waals surface area (Å²) in [7, 11) is 0. The lowest BCUT2D eigenvalue weighted by atomic mass is 10.1. The number of nitrogens with zero attached hydrogens (tertiary/aromatic N) is 1. The van der Waals surface area contributed by atoms with Crippen molar-refractivity contribution in [3.8, 4) is 11.4 Å². The number of aryl methyl sites for hydroxylation is 2. The van der Waals surface area contributed by atoms with E-state index in [9.17, 15) is 0 Å². The van der Waals surface area contributed by atoms with Crippen LogP contribution in [0.1, 0.15) is 18.1 Å². The van der Waals surface area contributed by atoms with Crippen LogP contribution < -0.4 is 0 Å². The normalized spacial score (nSPS) is 11.1. The van der Waals surface area contributed by atoms with E-state index in [0.717, 1.165) is 33.3 Å². The van der Waals surface area contributed by atoms with Gasteiger partial charge in [0.1, 0.15) is 11.3 Å². The summed E-state index contributed by atoms with van der Waals surface area (Å²) < 4.78 is 1.04. The van der Waals surface area contributed by atoms with Crippen molar-refractivity contribution in [3.63, 3.8) is 0 Å². The van der Waals surface area contributed by atoms with Crippen molar-refractivity contribution in [2.45, 2.75) is 20.3 Å². The molecule has 0 unspecified atom stereocenters. The van der Waals surface area contributed by atoms with Crippen LogP contribution in [0.25, 0.3) is 22.4 Å². The molecule has 0 atom stereocenters. The second-order valence-corrected chi connectivity index (χ2v) is 5.63. The Balaban J connectivity index is 2.12. The molecule has 0 radical (unpaired) electrons. The van der Waals surface area contributed by atoms with Crippen LogP contribution in [0.15, 0.2) is 40.9 Å². The lowest BCUT2D eigenvalue weighted by Crippen LogP contribution is -1.82. The summed E-state index contributed by atoms with van der Waals surface area (Å²) in [5.41, 5.74) is 5.74. The predicted octanol–water partition coefficient (Wildman–Crippen LogP) is 4.86. The van der Waals surface area contributed by atoms with Crippen molar-refractivity contribution >= 4 is 27.0 Å². The number of nitrogens with one attached hydrogen (secondary N) is 1. The van der Waals surface area contributed by atoms with Gasteiger partial charge in [-0.25, -0.2) is 4.98 Å². The number of aromatic amines is 1. The zero-order valence-corrected chi connectivity index (χ0v) is 12.6. The standard InChI is InChI=1S/C16H15BrN2/c1-3-11-4-6-12(7-5-11)16-18-14-9-10(2)8-13(17)15(14)19-16/h4-9H,3H2,1-2H3,(H,18,19). The summed E-state index contributed by atoms with van der Waals surface area (Å²) in [6.45, 7) is 4.25. The molecule has 0 amide bonds. The van der Waals surface area contributed by atoms with E-state index >= 15 is 0 Å². The molecule has 0 aliphatic heterocycles. The molecule has 0 aliphatic rings. The molecular weight excluding hydrogens is 300 g/mol. The Hall–Kier alpha value is -1.61. The van der Waals surface area contributed by atoms with Crippen LogP contribution in [0.3, 0.4) is 0 Å². The van der Waals surface area contributed by atoms with Crippen LogP contribution in [-0.4, -0.2) is 9.97 Å². The van der Waals surface area contributed by atoms with Gasteiger partial charge in [0.05, 0.1) is 5.52 Å². The van der Waals surface area contributed by atoms with E-state index in [2.05, 4.69) is 76.1 Å². The first-order chi connectivity index (χ1) is 9.17. The Morgan fingerprint density at radius 3 is 2.58 bits per heavy atom. The van der Waals surface area contributed by atoms with Crippen LogP contribution in [0.4, 0.5) is 0 Å². The predicted molar refractivity (Wildman–Crippen MR) is 83.3 cm³/mol. The Morgan fingerprint density at radius 1 is 1.16 bits per heavy atom. The van der Waals surface area contributed by atoms with Gasteiger partial charge in [-0.05, 0) is 52.5 Å². The van der Waals surface area contributed by atoms with E-state index in [-0.39, 0.29) is 0 Å². The van der Waals surface area contributed by atoms with Gasteiger partial charge in [-0.1, -0.05) is 31.2 Å². The zero-order chi connectivity index (χ0) is 13.4. The van der Waals surface area contributed by atoms with Gasteiger partial charge in [-0.15, -0.1) is 0 Å². The molecule has 0 saturated heterocycles. The van der Waals surface area contributed by atoms with Gasteiger partial charge in [0.25, 0.3) is 0 Å². The monoisotopic (exact) mass is 314 g/mol. The van der Waals surface area contributed by atoms with Gasteiger partial charge < -0.3 is 4.98 Å². The average molecular weight is 315 g/mol. The minimum absolute atomic E-state index is 0.920. The van der Waals surface area contributed by atoms with Crippen LogP contribution in [0.5, 0.6) is 0 Å². The van der Waals surface area contributed by atoms with Gasteiger partial charge in [0, 0.05) is 10.0 Å². The second-order valence-electron chi connectivity index (χ2n) is 4.78. The highest BCUT2D eigenvalue weighted by Crippen LogP contribution is 2.27. The fourth-order valence-corrected chi connectivity index (χ4v) is 2.91. The summed E-state index contributed by atoms with van der Waals surface area (Å²) in [6, 6.07) is 12.8. The molecule has 0 bridgehead atoms. The SMILES string of the molecule is CCc1ccc(-c2nc3c(Br)cc(C)cc3[nH]2)cc1. The Labute approximate surface area is 121 Å². The fourth-order valence-electron chi connectivity index (χ4n) is 2.25. The number of rotatable bonds is 2. The molecular formula is C16H15BrN2. The highest BCUT2D eigenvalue weighted by molar-refractivity contribution is 9.10.